The second kappa shape index (κ2) is 8.75. The molecule has 0 spiro atoms. The lowest BCUT2D eigenvalue weighted by molar-refractivity contribution is 0.246. The molecule has 0 saturated carbocycles. The van der Waals surface area contributed by atoms with Crippen LogP contribution >= 0.6 is 0 Å². The van der Waals surface area contributed by atoms with E-state index in [0.29, 0.717) is 12.5 Å². The van der Waals surface area contributed by atoms with Crippen LogP contribution in [-0.4, -0.2) is 26.8 Å². The summed E-state index contributed by atoms with van der Waals surface area (Å²) in [5.74, 6) is 0.654. The van der Waals surface area contributed by atoms with E-state index in [9.17, 15) is 8.76 Å². The summed E-state index contributed by atoms with van der Waals surface area (Å²) < 4.78 is 32.0. The molecule has 4 rings (SSSR count). The Hall–Kier alpha value is -2.80. The summed E-state index contributed by atoms with van der Waals surface area (Å²) in [6, 6.07) is 23.6. The predicted octanol–water partition coefficient (Wildman–Crippen LogP) is 5.46. The van der Waals surface area contributed by atoms with Gasteiger partial charge in [-0.15, -0.1) is 0 Å². The first-order valence-electron chi connectivity index (χ1n) is 10.1. The van der Waals surface area contributed by atoms with Crippen LogP contribution in [0.5, 0.6) is 0 Å². The molecule has 0 aliphatic carbocycles. The van der Waals surface area contributed by atoms with Gasteiger partial charge in [-0.25, -0.2) is 4.99 Å². The van der Waals surface area contributed by atoms with E-state index in [-0.39, 0.29) is 5.54 Å². The van der Waals surface area contributed by atoms with Crippen LogP contribution in [0.3, 0.4) is 0 Å². The molecule has 2 unspecified atom stereocenters. The maximum absolute atomic E-state index is 11.4. The molecule has 2 atom stereocenters. The lowest BCUT2D eigenvalue weighted by atomic mass is 9.95. The Morgan fingerprint density at radius 2 is 1.55 bits per heavy atom. The van der Waals surface area contributed by atoms with Crippen LogP contribution in [-0.2, 0) is 20.3 Å². The molecular formula is C25H25NO4S. The molecule has 3 aromatic rings. The normalized spacial score (nSPS) is 17.0. The van der Waals surface area contributed by atoms with Gasteiger partial charge in [0.15, 0.2) is 0 Å². The van der Waals surface area contributed by atoms with Gasteiger partial charge in [0, 0.05) is 5.56 Å². The monoisotopic (exact) mass is 435 g/mol. The highest BCUT2D eigenvalue weighted by Crippen LogP contribution is 2.32. The van der Waals surface area contributed by atoms with Gasteiger partial charge in [-0.2, -0.15) is 4.21 Å². The molecule has 31 heavy (non-hydrogen) atoms. The van der Waals surface area contributed by atoms with Crippen molar-refractivity contribution < 1.29 is 17.7 Å². The molecule has 160 valence electrons. The minimum absolute atomic E-state index is 0.231. The van der Waals surface area contributed by atoms with E-state index in [0.717, 1.165) is 33.4 Å². The standard InChI is InChI=1S/C25H25NO4S/c1-17-8-10-19(11-9-17)23(30-31(27)28)20-14-12-18(13-15-20)21-6-4-5-7-22(21)24-26-25(2,3)16-29-24/h4-15,23H,16H2,1-3H3,(H,27,28). The summed E-state index contributed by atoms with van der Waals surface area (Å²) in [7, 11) is 0. The lowest BCUT2D eigenvalue weighted by Crippen LogP contribution is -2.17. The fourth-order valence-corrected chi connectivity index (χ4v) is 4.00. The van der Waals surface area contributed by atoms with E-state index in [1.807, 2.05) is 93.6 Å². The van der Waals surface area contributed by atoms with Gasteiger partial charge >= 0.3 is 11.4 Å². The van der Waals surface area contributed by atoms with Gasteiger partial charge in [0.25, 0.3) is 0 Å². The molecule has 0 radical (unpaired) electrons. The number of nitrogens with zero attached hydrogens (tertiary/aromatic N) is 1. The molecule has 0 amide bonds. The average molecular weight is 436 g/mol. The highest BCUT2D eigenvalue weighted by molar-refractivity contribution is 7.74. The summed E-state index contributed by atoms with van der Waals surface area (Å²) >= 11 is -2.39. The minimum atomic E-state index is -2.39. The van der Waals surface area contributed by atoms with Crippen LogP contribution in [0.1, 0.15) is 42.2 Å². The molecule has 0 aromatic heterocycles. The average Bonchev–Trinajstić information content (AvgIpc) is 3.12. The van der Waals surface area contributed by atoms with Gasteiger partial charge in [-0.05, 0) is 49.1 Å². The zero-order valence-electron chi connectivity index (χ0n) is 17.7. The van der Waals surface area contributed by atoms with Crippen molar-refractivity contribution in [2.24, 2.45) is 4.99 Å². The third kappa shape index (κ3) is 4.93. The van der Waals surface area contributed by atoms with Crippen LogP contribution in [0.2, 0.25) is 0 Å². The fourth-order valence-electron chi connectivity index (χ4n) is 3.61. The van der Waals surface area contributed by atoms with Crippen molar-refractivity contribution in [2.75, 3.05) is 6.61 Å². The first-order chi connectivity index (χ1) is 14.8. The summed E-state index contributed by atoms with van der Waals surface area (Å²) in [6.45, 7) is 6.65. The third-order valence-corrected chi connectivity index (χ3v) is 5.56. The summed E-state index contributed by atoms with van der Waals surface area (Å²) in [5.41, 5.74) is 5.46. The lowest BCUT2D eigenvalue weighted by Gasteiger charge is -2.17. The molecule has 0 saturated heterocycles. The van der Waals surface area contributed by atoms with Crippen LogP contribution in [0.25, 0.3) is 11.1 Å². The Labute approximate surface area is 185 Å². The smallest absolute Gasteiger partial charge is 0.302 e. The maximum Gasteiger partial charge on any atom is 0.302 e. The highest BCUT2D eigenvalue weighted by atomic mass is 32.2. The minimum Gasteiger partial charge on any atom is -0.475 e. The van der Waals surface area contributed by atoms with E-state index in [4.69, 9.17) is 13.9 Å². The van der Waals surface area contributed by atoms with Crippen molar-refractivity contribution in [3.05, 3.63) is 95.1 Å². The van der Waals surface area contributed by atoms with Gasteiger partial charge in [0.1, 0.15) is 12.7 Å². The second-order valence-electron chi connectivity index (χ2n) is 8.29. The van der Waals surface area contributed by atoms with Gasteiger partial charge in [-0.3, -0.25) is 8.74 Å². The first-order valence-corrected chi connectivity index (χ1v) is 11.1. The largest absolute Gasteiger partial charge is 0.475 e. The number of ether oxygens (including phenoxy) is 1. The highest BCUT2D eigenvalue weighted by Gasteiger charge is 2.28. The van der Waals surface area contributed by atoms with Crippen molar-refractivity contribution in [3.8, 4) is 11.1 Å². The van der Waals surface area contributed by atoms with E-state index in [1.54, 1.807) is 0 Å². The molecule has 0 bridgehead atoms. The van der Waals surface area contributed by atoms with E-state index in [2.05, 4.69) is 0 Å². The quantitative estimate of drug-likeness (QED) is 0.522. The van der Waals surface area contributed by atoms with Crippen LogP contribution in [0.15, 0.2) is 77.8 Å². The first kappa shape index (κ1) is 21.4. The van der Waals surface area contributed by atoms with E-state index < -0.39 is 17.5 Å². The molecule has 1 heterocycles. The number of aryl methyl sites for hydroxylation is 1. The zero-order valence-corrected chi connectivity index (χ0v) is 18.6. The SMILES string of the molecule is Cc1ccc(C(OS(=O)O)c2ccc(-c3ccccc3C3=NC(C)(C)CO3)cc2)cc1. The van der Waals surface area contributed by atoms with E-state index >= 15 is 0 Å². The van der Waals surface area contributed by atoms with Crippen LogP contribution in [0.4, 0.5) is 0 Å². The Balaban J connectivity index is 1.68. The Morgan fingerprint density at radius 3 is 2.10 bits per heavy atom. The number of rotatable bonds is 6. The van der Waals surface area contributed by atoms with Crippen molar-refractivity contribution in [1.82, 2.24) is 0 Å². The van der Waals surface area contributed by atoms with Gasteiger partial charge in [0.2, 0.25) is 5.90 Å². The Morgan fingerprint density at radius 1 is 0.968 bits per heavy atom. The second-order valence-corrected chi connectivity index (χ2v) is 8.92. The predicted molar refractivity (Wildman–Crippen MR) is 123 cm³/mol. The van der Waals surface area contributed by atoms with Gasteiger partial charge in [0.05, 0.1) is 5.54 Å². The molecule has 0 fully saturated rings. The summed E-state index contributed by atoms with van der Waals surface area (Å²) in [4.78, 5) is 4.71. The molecule has 1 aliphatic heterocycles. The molecule has 1 N–H and O–H groups in total. The summed E-state index contributed by atoms with van der Waals surface area (Å²) in [6.07, 6.45) is -0.640. The van der Waals surface area contributed by atoms with Crippen LogP contribution in [0, 0.1) is 6.92 Å². The Bertz CT molecular complexity index is 1120. The summed E-state index contributed by atoms with van der Waals surface area (Å²) in [5, 5.41) is 0. The van der Waals surface area contributed by atoms with Crippen molar-refractivity contribution in [1.29, 1.82) is 0 Å². The molecular weight excluding hydrogens is 410 g/mol. The van der Waals surface area contributed by atoms with E-state index in [1.165, 1.54) is 0 Å². The zero-order chi connectivity index (χ0) is 22.0. The molecule has 3 aromatic carbocycles. The molecule has 1 aliphatic rings. The van der Waals surface area contributed by atoms with Crippen molar-refractivity contribution >= 4 is 17.3 Å². The number of aliphatic imine (C=N–C) groups is 1. The third-order valence-electron chi connectivity index (χ3n) is 5.21. The number of hydrogen-bond acceptors (Lipinski definition) is 4. The van der Waals surface area contributed by atoms with Crippen molar-refractivity contribution in [3.63, 3.8) is 0 Å². The molecule has 6 heteroatoms. The number of benzene rings is 3. The van der Waals surface area contributed by atoms with Gasteiger partial charge in [-0.1, -0.05) is 72.3 Å². The van der Waals surface area contributed by atoms with Crippen molar-refractivity contribution in [2.45, 2.75) is 32.4 Å². The van der Waals surface area contributed by atoms with Gasteiger partial charge < -0.3 is 4.74 Å². The topological polar surface area (TPSA) is 68.1 Å². The maximum atomic E-state index is 11.4. The number of hydrogen-bond donors (Lipinski definition) is 1. The molecule has 5 nitrogen and oxygen atoms in total. The Kier molecular flexibility index (Phi) is 6.05. The fraction of sp³-hybridized carbons (Fsp3) is 0.240. The van der Waals surface area contributed by atoms with Crippen LogP contribution < -0.4 is 0 Å².